The maximum atomic E-state index is 13.8. The fourth-order valence-corrected chi connectivity index (χ4v) is 5.54. The van der Waals surface area contributed by atoms with Gasteiger partial charge in [0.1, 0.15) is 23.0 Å². The van der Waals surface area contributed by atoms with Crippen LogP contribution in [0, 0.1) is 29.3 Å². The molecular formula is C22H18F3N3O5. The molecule has 2 aliphatic carbocycles. The molecule has 6 rings (SSSR count). The van der Waals surface area contributed by atoms with Crippen molar-refractivity contribution in [1.29, 1.82) is 0 Å². The number of hydrogen-bond donors (Lipinski definition) is 2. The summed E-state index contributed by atoms with van der Waals surface area (Å²) in [5.41, 5.74) is -2.36. The van der Waals surface area contributed by atoms with Crippen molar-refractivity contribution in [3.05, 3.63) is 62.8 Å². The number of hydrogen-bond acceptors (Lipinski definition) is 5. The van der Waals surface area contributed by atoms with Crippen molar-refractivity contribution in [3.8, 4) is 5.75 Å². The van der Waals surface area contributed by atoms with E-state index in [2.05, 4.69) is 5.32 Å². The average Bonchev–Trinajstić information content (AvgIpc) is 3.50. The fraction of sp³-hybridized carbons (Fsp3) is 0.409. The zero-order valence-corrected chi connectivity index (χ0v) is 17.1. The Balaban J connectivity index is 1.30. The SMILES string of the molecule is O=C(NCc1c(F)cc(F)cc1F)c1cn2c(c(O)c1=O)C(=O)N1C(C2)OC2C[C@H]1[C@H]1C[C@@H]21. The highest BCUT2D eigenvalue weighted by atomic mass is 19.1. The number of fused-ring (bicyclic) bond motifs is 8. The molecule has 3 heterocycles. The van der Waals surface area contributed by atoms with Crippen LogP contribution in [-0.4, -0.2) is 44.8 Å². The monoisotopic (exact) mass is 461 g/mol. The normalized spacial score (nSPS) is 28.8. The third kappa shape index (κ3) is 2.91. The number of ether oxygens (including phenoxy) is 1. The number of carbonyl (C=O) groups excluding carboxylic acids is 2. The first-order valence-electron chi connectivity index (χ1n) is 10.6. The van der Waals surface area contributed by atoms with Crippen LogP contribution < -0.4 is 10.7 Å². The molecule has 1 saturated heterocycles. The summed E-state index contributed by atoms with van der Waals surface area (Å²) < 4.78 is 48.1. The van der Waals surface area contributed by atoms with Gasteiger partial charge in [0.2, 0.25) is 5.43 Å². The van der Waals surface area contributed by atoms with Gasteiger partial charge in [-0.2, -0.15) is 0 Å². The van der Waals surface area contributed by atoms with Crippen LogP contribution in [-0.2, 0) is 17.8 Å². The Kier molecular flexibility index (Phi) is 4.20. The van der Waals surface area contributed by atoms with E-state index < -0.39 is 64.3 Å². The first-order valence-corrected chi connectivity index (χ1v) is 10.6. The molecule has 2 aliphatic heterocycles. The van der Waals surface area contributed by atoms with Crippen molar-refractivity contribution in [2.75, 3.05) is 0 Å². The van der Waals surface area contributed by atoms with Gasteiger partial charge in [-0.05, 0) is 24.7 Å². The van der Waals surface area contributed by atoms with Gasteiger partial charge in [0.05, 0.1) is 12.6 Å². The molecular weight excluding hydrogens is 443 g/mol. The Morgan fingerprint density at radius 1 is 1.15 bits per heavy atom. The lowest BCUT2D eigenvalue weighted by atomic mass is 10.0. The number of benzene rings is 1. The molecule has 2 N–H and O–H groups in total. The Bertz CT molecular complexity index is 1270. The molecule has 4 aliphatic rings. The van der Waals surface area contributed by atoms with Crippen LogP contribution in [0.15, 0.2) is 23.1 Å². The van der Waals surface area contributed by atoms with E-state index in [1.807, 2.05) is 0 Å². The summed E-state index contributed by atoms with van der Waals surface area (Å²) in [5.74, 6) is -5.07. The molecule has 1 aromatic carbocycles. The number of rotatable bonds is 3. The number of nitrogens with one attached hydrogen (secondary N) is 1. The second kappa shape index (κ2) is 6.83. The first kappa shape index (κ1) is 20.3. The molecule has 0 spiro atoms. The van der Waals surface area contributed by atoms with Crippen LogP contribution >= 0.6 is 0 Å². The summed E-state index contributed by atoms with van der Waals surface area (Å²) in [4.78, 5) is 40.1. The summed E-state index contributed by atoms with van der Waals surface area (Å²) in [6.45, 7) is -0.522. The van der Waals surface area contributed by atoms with Crippen LogP contribution in [0.5, 0.6) is 5.75 Å². The Morgan fingerprint density at radius 3 is 2.61 bits per heavy atom. The smallest absolute Gasteiger partial charge is 0.276 e. The van der Waals surface area contributed by atoms with E-state index in [1.54, 1.807) is 4.90 Å². The van der Waals surface area contributed by atoms with E-state index in [0.29, 0.717) is 24.0 Å². The van der Waals surface area contributed by atoms with E-state index in [0.717, 1.165) is 19.0 Å². The van der Waals surface area contributed by atoms with Gasteiger partial charge >= 0.3 is 0 Å². The van der Waals surface area contributed by atoms with Gasteiger partial charge < -0.3 is 24.6 Å². The topological polar surface area (TPSA) is 101 Å². The van der Waals surface area contributed by atoms with E-state index in [-0.39, 0.29) is 24.4 Å². The summed E-state index contributed by atoms with van der Waals surface area (Å²) in [5, 5.41) is 12.7. The van der Waals surface area contributed by atoms with E-state index in [4.69, 9.17) is 4.74 Å². The van der Waals surface area contributed by atoms with Gasteiger partial charge in [-0.25, -0.2) is 13.2 Å². The number of aromatic hydroxyl groups is 1. The van der Waals surface area contributed by atoms with Gasteiger partial charge in [0, 0.05) is 36.5 Å². The quantitative estimate of drug-likeness (QED) is 0.722. The maximum absolute atomic E-state index is 13.8. The number of halogens is 3. The van der Waals surface area contributed by atoms with Gasteiger partial charge in [0.25, 0.3) is 11.8 Å². The van der Waals surface area contributed by atoms with Crippen molar-refractivity contribution in [1.82, 2.24) is 14.8 Å². The highest BCUT2D eigenvalue weighted by Crippen LogP contribution is 2.58. The second-order valence-electron chi connectivity index (χ2n) is 8.96. The molecule has 2 amide bonds. The van der Waals surface area contributed by atoms with Gasteiger partial charge in [-0.1, -0.05) is 0 Å². The van der Waals surface area contributed by atoms with Gasteiger partial charge in [0.15, 0.2) is 17.7 Å². The third-order valence-electron chi connectivity index (χ3n) is 7.16. The van der Waals surface area contributed by atoms with Gasteiger partial charge in [-0.3, -0.25) is 14.4 Å². The lowest BCUT2D eigenvalue weighted by Gasteiger charge is -2.45. The third-order valence-corrected chi connectivity index (χ3v) is 7.16. The molecule has 2 aromatic rings. The lowest BCUT2D eigenvalue weighted by Crippen LogP contribution is -2.58. The predicted molar refractivity (Wildman–Crippen MR) is 105 cm³/mol. The highest BCUT2D eigenvalue weighted by Gasteiger charge is 2.63. The van der Waals surface area contributed by atoms with Crippen molar-refractivity contribution >= 4 is 11.8 Å². The van der Waals surface area contributed by atoms with E-state index >= 15 is 0 Å². The van der Waals surface area contributed by atoms with E-state index in [1.165, 1.54) is 4.57 Å². The molecule has 2 bridgehead atoms. The molecule has 0 radical (unpaired) electrons. The number of aromatic nitrogens is 1. The first-order chi connectivity index (χ1) is 15.7. The molecule has 8 nitrogen and oxygen atoms in total. The largest absolute Gasteiger partial charge is 0.503 e. The van der Waals surface area contributed by atoms with Crippen LogP contribution in [0.4, 0.5) is 13.2 Å². The number of amides is 2. The van der Waals surface area contributed by atoms with Crippen LogP contribution in [0.2, 0.25) is 0 Å². The summed E-state index contributed by atoms with van der Waals surface area (Å²) >= 11 is 0. The number of carbonyl (C=O) groups is 2. The standard InChI is InChI=1S/C22H18F3N3O5/c23-8-1-13(24)11(14(25)2-8)5-26-21(31)12-6-27-7-17-28(22(32)18(27)20(30)19(12)29)15-4-16(33-17)10-3-9(10)15/h1-2,6,9-10,15-17,30H,3-5,7H2,(H,26,31)/t9-,10+,15-,16?,17?/m0/s1. The predicted octanol–water partition coefficient (Wildman–Crippen LogP) is 1.49. The van der Waals surface area contributed by atoms with Gasteiger partial charge in [-0.15, -0.1) is 0 Å². The number of pyridine rings is 1. The molecule has 33 heavy (non-hydrogen) atoms. The molecule has 3 fully saturated rings. The zero-order chi connectivity index (χ0) is 23.2. The Morgan fingerprint density at radius 2 is 1.88 bits per heavy atom. The minimum Gasteiger partial charge on any atom is -0.503 e. The van der Waals surface area contributed by atoms with Crippen molar-refractivity contribution in [3.63, 3.8) is 0 Å². The molecule has 2 unspecified atom stereocenters. The molecule has 5 atom stereocenters. The maximum Gasteiger partial charge on any atom is 0.276 e. The minimum atomic E-state index is -1.19. The lowest BCUT2D eigenvalue weighted by molar-refractivity contribution is -0.144. The Hall–Kier alpha value is -3.34. The van der Waals surface area contributed by atoms with Crippen LogP contribution in [0.1, 0.15) is 39.3 Å². The molecule has 2 saturated carbocycles. The summed E-state index contributed by atoms with van der Waals surface area (Å²) in [6.07, 6.45) is 2.38. The van der Waals surface area contributed by atoms with Crippen molar-refractivity contribution < 1.29 is 32.6 Å². The highest BCUT2D eigenvalue weighted by molar-refractivity contribution is 5.99. The van der Waals surface area contributed by atoms with Crippen LogP contribution in [0.3, 0.4) is 0 Å². The molecule has 172 valence electrons. The number of nitrogens with zero attached hydrogens (tertiary/aromatic N) is 2. The van der Waals surface area contributed by atoms with E-state index in [9.17, 15) is 32.7 Å². The zero-order valence-electron chi connectivity index (χ0n) is 17.1. The molecule has 11 heteroatoms. The van der Waals surface area contributed by atoms with Crippen molar-refractivity contribution in [2.45, 2.75) is 44.3 Å². The average molecular weight is 461 g/mol. The molecule has 1 aromatic heterocycles. The summed E-state index contributed by atoms with van der Waals surface area (Å²) in [6, 6.07) is 0.962. The fourth-order valence-electron chi connectivity index (χ4n) is 5.54. The summed E-state index contributed by atoms with van der Waals surface area (Å²) in [7, 11) is 0. The second-order valence-corrected chi connectivity index (χ2v) is 8.96. The van der Waals surface area contributed by atoms with Crippen molar-refractivity contribution in [2.24, 2.45) is 11.8 Å². The minimum absolute atomic E-state index is 0.0120. The van der Waals surface area contributed by atoms with Crippen LogP contribution in [0.25, 0.3) is 0 Å². The Labute approximate surface area is 184 Å².